The first-order chi connectivity index (χ1) is 17.3. The predicted octanol–water partition coefficient (Wildman–Crippen LogP) is 4.04. The van der Waals surface area contributed by atoms with Gasteiger partial charge in [0.05, 0.1) is 0 Å². The molecule has 0 aliphatic carbocycles. The summed E-state index contributed by atoms with van der Waals surface area (Å²) < 4.78 is 24.2. The Morgan fingerprint density at radius 1 is 1.08 bits per heavy atom. The number of benzene rings is 2. The Hall–Kier alpha value is -2.96. The van der Waals surface area contributed by atoms with Crippen LogP contribution in [-0.2, 0) is 17.9 Å². The molecule has 4 aliphatic heterocycles. The molecule has 0 bridgehead atoms. The van der Waals surface area contributed by atoms with Gasteiger partial charge in [0.2, 0.25) is 5.91 Å². The van der Waals surface area contributed by atoms with Crippen LogP contribution in [0.2, 0.25) is 0 Å². The first-order valence-corrected chi connectivity index (χ1v) is 13.0. The number of allylic oxidation sites excluding steroid dienone is 1. The summed E-state index contributed by atoms with van der Waals surface area (Å²) in [6.07, 6.45) is 3.35. The molecule has 3 atom stereocenters. The van der Waals surface area contributed by atoms with Crippen LogP contribution in [0, 0.1) is 0 Å². The molecule has 2 amide bonds. The van der Waals surface area contributed by atoms with E-state index in [1.807, 2.05) is 27.4 Å². The number of nitrogens with zero attached hydrogens (tertiary/aromatic N) is 2. The summed E-state index contributed by atoms with van der Waals surface area (Å²) in [5, 5.41) is 2.79. The number of fused-ring (bicyclic) bond motifs is 2. The lowest BCUT2D eigenvalue weighted by atomic mass is 9.87. The molecule has 2 fully saturated rings. The zero-order valence-electron chi connectivity index (χ0n) is 20.0. The van der Waals surface area contributed by atoms with Crippen molar-refractivity contribution in [2.45, 2.75) is 56.5 Å². The molecule has 0 aromatic heterocycles. The van der Waals surface area contributed by atoms with E-state index in [1.165, 1.54) is 5.56 Å². The van der Waals surface area contributed by atoms with E-state index in [2.05, 4.69) is 28.9 Å². The van der Waals surface area contributed by atoms with E-state index in [0.29, 0.717) is 42.4 Å². The monoisotopic (exact) mass is 509 g/mol. The van der Waals surface area contributed by atoms with Crippen molar-refractivity contribution in [3.05, 3.63) is 70.9 Å². The Kier molecular flexibility index (Phi) is 5.77. The molecular weight excluding hydrogens is 480 g/mol. The quantitative estimate of drug-likeness (QED) is 0.630. The molecular formula is C27H29FN3O4P. The van der Waals surface area contributed by atoms with Gasteiger partial charge in [-0.25, -0.2) is 0 Å². The highest BCUT2D eigenvalue weighted by molar-refractivity contribution is 7.18. The molecule has 0 spiro atoms. The van der Waals surface area contributed by atoms with Crippen molar-refractivity contribution in [3.63, 3.8) is 0 Å². The van der Waals surface area contributed by atoms with Gasteiger partial charge < -0.3 is 19.7 Å². The minimum atomic E-state index is -2.19. The Labute approximate surface area is 211 Å². The molecule has 3 unspecified atom stereocenters. The number of likely N-dealkylation sites (tertiary alicyclic amines) is 1. The summed E-state index contributed by atoms with van der Waals surface area (Å²) in [6, 6.07) is 11.3. The number of nitrogens with one attached hydrogen (secondary N) is 1. The predicted molar refractivity (Wildman–Crippen MR) is 135 cm³/mol. The fourth-order valence-corrected chi connectivity index (χ4v) is 6.00. The van der Waals surface area contributed by atoms with Crippen LogP contribution in [-0.4, -0.2) is 46.5 Å². The highest BCUT2D eigenvalue weighted by atomic mass is 31.0. The van der Waals surface area contributed by atoms with Gasteiger partial charge in [0.25, 0.3) is 5.91 Å². The first-order valence-electron chi connectivity index (χ1n) is 12.4. The average molecular weight is 510 g/mol. The van der Waals surface area contributed by atoms with Crippen LogP contribution in [0.15, 0.2) is 48.7 Å². The Balaban J connectivity index is 1.08. The van der Waals surface area contributed by atoms with Crippen LogP contribution in [0.5, 0.6) is 11.5 Å². The van der Waals surface area contributed by atoms with Crippen LogP contribution in [0.4, 0.5) is 4.39 Å². The number of carbonyl (C=O) groups excluding carboxylic acids is 2. The third-order valence-electron chi connectivity index (χ3n) is 7.63. The summed E-state index contributed by atoms with van der Waals surface area (Å²) in [7, 11) is 1.93. The van der Waals surface area contributed by atoms with Crippen molar-refractivity contribution in [3.8, 4) is 11.5 Å². The number of amides is 2. The molecule has 1 N–H and O–H groups in total. The number of alkyl halides is 1. The Bertz CT molecular complexity index is 1260. The maximum Gasteiger partial charge on any atom is 0.418 e. The van der Waals surface area contributed by atoms with Crippen LogP contribution >= 0.6 is 9.24 Å². The Morgan fingerprint density at radius 3 is 2.64 bits per heavy atom. The van der Waals surface area contributed by atoms with Crippen molar-refractivity contribution in [1.29, 1.82) is 0 Å². The number of halogens is 1. The smallest absolute Gasteiger partial charge is 0.418 e. The summed E-state index contributed by atoms with van der Waals surface area (Å²) >= 11 is 0. The van der Waals surface area contributed by atoms with Crippen LogP contribution in [0.3, 0.4) is 0 Å². The summed E-state index contributed by atoms with van der Waals surface area (Å²) in [6.45, 7) is 6.97. The average Bonchev–Trinajstić information content (AvgIpc) is 3.33. The van der Waals surface area contributed by atoms with Gasteiger partial charge in [0.1, 0.15) is 6.04 Å². The second-order valence-corrected chi connectivity index (χ2v) is 10.8. The summed E-state index contributed by atoms with van der Waals surface area (Å²) in [4.78, 5) is 29.6. The number of hydrogen-bond donors (Lipinski definition) is 1. The van der Waals surface area contributed by atoms with Gasteiger partial charge in [0, 0.05) is 24.4 Å². The van der Waals surface area contributed by atoms with E-state index in [-0.39, 0.29) is 11.8 Å². The second kappa shape index (κ2) is 8.86. The molecule has 9 heteroatoms. The third kappa shape index (κ3) is 4.37. The van der Waals surface area contributed by atoms with Crippen molar-refractivity contribution in [1.82, 2.24) is 15.1 Å². The number of piperidine rings is 2. The number of carbonyl (C=O) groups is 2. The minimum Gasteiger partial charge on any atom is -0.420 e. The maximum absolute atomic E-state index is 13.9. The zero-order chi connectivity index (χ0) is 25.0. The van der Waals surface area contributed by atoms with Crippen LogP contribution in [0.25, 0.3) is 0 Å². The third-order valence-corrected chi connectivity index (χ3v) is 7.87. The van der Waals surface area contributed by atoms with E-state index in [9.17, 15) is 14.0 Å². The van der Waals surface area contributed by atoms with Crippen molar-refractivity contribution in [2.75, 3.05) is 13.1 Å². The fraction of sp³-hybridized carbons (Fsp3) is 0.407. The lowest BCUT2D eigenvalue weighted by Gasteiger charge is -2.32. The van der Waals surface area contributed by atoms with Gasteiger partial charge in [0.15, 0.2) is 11.5 Å². The van der Waals surface area contributed by atoms with E-state index in [0.717, 1.165) is 49.3 Å². The van der Waals surface area contributed by atoms with Crippen molar-refractivity contribution >= 4 is 21.1 Å². The molecule has 4 heterocycles. The molecule has 7 nitrogen and oxygen atoms in total. The molecule has 188 valence electrons. The summed E-state index contributed by atoms with van der Waals surface area (Å²) in [5.41, 5.74) is 4.75. The molecule has 2 aromatic rings. The lowest BCUT2D eigenvalue weighted by molar-refractivity contribution is -0.126. The molecule has 2 aromatic carbocycles. The molecule has 6 rings (SSSR count). The van der Waals surface area contributed by atoms with Gasteiger partial charge in [-0.1, -0.05) is 24.8 Å². The van der Waals surface area contributed by atoms with Crippen molar-refractivity contribution in [2.24, 2.45) is 0 Å². The van der Waals surface area contributed by atoms with Gasteiger partial charge in [-0.2, -0.15) is 4.39 Å². The van der Waals surface area contributed by atoms with Crippen LogP contribution in [0.1, 0.15) is 58.6 Å². The lowest BCUT2D eigenvalue weighted by Crippen LogP contribution is -2.49. The van der Waals surface area contributed by atoms with Gasteiger partial charge in [-0.15, -0.1) is 0 Å². The number of rotatable bonds is 4. The Morgan fingerprint density at radius 2 is 1.86 bits per heavy atom. The van der Waals surface area contributed by atoms with Crippen molar-refractivity contribution < 1.29 is 23.5 Å². The molecule has 4 aliphatic rings. The van der Waals surface area contributed by atoms with E-state index in [4.69, 9.17) is 9.47 Å². The SMILES string of the molecule is C=C1CCC(N2Cc3cc(C4CCN(Cc5ccc6c(c5)OC(F)(P)O6)CC4)ccc3C2=O)C(=O)N1. The number of hydrogen-bond acceptors (Lipinski definition) is 5. The van der Waals surface area contributed by atoms with E-state index < -0.39 is 11.8 Å². The number of ether oxygens (including phenoxy) is 2. The molecule has 0 radical (unpaired) electrons. The topological polar surface area (TPSA) is 71.1 Å². The van der Waals surface area contributed by atoms with Crippen LogP contribution < -0.4 is 14.8 Å². The zero-order valence-corrected chi connectivity index (χ0v) is 21.1. The standard InChI is InChI=1S/C27H29FN3O4P/c1-16-2-6-22(25(32)29-16)31-15-20-13-19(4-5-21(20)26(31)33)18-8-10-30(11-9-18)14-17-3-7-23-24(12-17)35-27(28,36)34-23/h3-5,7,12-13,18,22H,1-2,6,8-11,14-15,36H2,(H,29,32). The van der Waals surface area contributed by atoms with E-state index in [1.54, 1.807) is 11.0 Å². The van der Waals surface area contributed by atoms with Gasteiger partial charge >= 0.3 is 5.78 Å². The second-order valence-electron chi connectivity index (χ2n) is 10.1. The minimum absolute atomic E-state index is 0.0607. The van der Waals surface area contributed by atoms with E-state index >= 15 is 0 Å². The molecule has 0 saturated carbocycles. The highest BCUT2D eigenvalue weighted by Gasteiger charge is 2.39. The highest BCUT2D eigenvalue weighted by Crippen LogP contribution is 2.43. The first kappa shape index (κ1) is 23.4. The fourth-order valence-electron chi connectivity index (χ4n) is 5.75. The van der Waals surface area contributed by atoms with Gasteiger partial charge in [-0.3, -0.25) is 14.5 Å². The molecule has 36 heavy (non-hydrogen) atoms. The summed E-state index contributed by atoms with van der Waals surface area (Å²) in [5.74, 6) is -1.11. The molecule has 2 saturated heterocycles. The van der Waals surface area contributed by atoms with Gasteiger partial charge in [-0.05, 0) is 88.8 Å². The largest absolute Gasteiger partial charge is 0.420 e. The maximum atomic E-state index is 13.9. The normalized spacial score (nSPS) is 26.3.